The largest absolute Gasteiger partial charge is 0.418 e. The number of halogens is 3. The van der Waals surface area contributed by atoms with Crippen LogP contribution >= 0.6 is 0 Å². The summed E-state index contributed by atoms with van der Waals surface area (Å²) in [7, 11) is 0. The summed E-state index contributed by atoms with van der Waals surface area (Å²) >= 11 is 0. The molecule has 1 aromatic carbocycles. The van der Waals surface area contributed by atoms with Gasteiger partial charge in [-0.3, -0.25) is 4.79 Å². The van der Waals surface area contributed by atoms with Crippen molar-refractivity contribution in [2.45, 2.75) is 25.4 Å². The fourth-order valence-corrected chi connectivity index (χ4v) is 2.01. The summed E-state index contributed by atoms with van der Waals surface area (Å²) in [5.74, 6) is -0.229. The number of hydrogen-bond acceptors (Lipinski definition) is 1. The predicted octanol–water partition coefficient (Wildman–Crippen LogP) is 3.22. The standard InChI is InChI=1S/C12H12F3NO/c13-12(14,15)9-5-1-2-6-10(9)16-8-4-3-7-11(16)17/h1-2,5-6H,3-4,7-8H2. The number of nitrogens with zero attached hydrogens (tertiary/aromatic N) is 1. The number of carbonyl (C=O) groups excluding carboxylic acids is 1. The van der Waals surface area contributed by atoms with Gasteiger partial charge in [-0.2, -0.15) is 13.2 Å². The highest BCUT2D eigenvalue weighted by molar-refractivity contribution is 5.94. The lowest BCUT2D eigenvalue weighted by Gasteiger charge is -2.29. The van der Waals surface area contributed by atoms with Crippen molar-refractivity contribution in [3.05, 3.63) is 29.8 Å². The molecule has 17 heavy (non-hydrogen) atoms. The number of amides is 1. The van der Waals surface area contributed by atoms with Gasteiger partial charge in [0.1, 0.15) is 0 Å². The van der Waals surface area contributed by atoms with Crippen molar-refractivity contribution in [3.63, 3.8) is 0 Å². The fourth-order valence-electron chi connectivity index (χ4n) is 2.01. The van der Waals surface area contributed by atoms with Crippen LogP contribution in [0.5, 0.6) is 0 Å². The van der Waals surface area contributed by atoms with Gasteiger partial charge in [0.05, 0.1) is 11.3 Å². The number of piperidine rings is 1. The minimum Gasteiger partial charge on any atom is -0.312 e. The van der Waals surface area contributed by atoms with Crippen molar-refractivity contribution in [1.29, 1.82) is 0 Å². The Hall–Kier alpha value is -1.52. The van der Waals surface area contributed by atoms with Crippen LogP contribution in [-0.4, -0.2) is 12.5 Å². The van der Waals surface area contributed by atoms with Crippen LogP contribution in [0, 0.1) is 0 Å². The second-order valence-corrected chi connectivity index (χ2v) is 4.02. The van der Waals surface area contributed by atoms with Crippen LogP contribution in [0.2, 0.25) is 0 Å². The van der Waals surface area contributed by atoms with E-state index in [9.17, 15) is 18.0 Å². The second kappa shape index (κ2) is 4.39. The highest BCUT2D eigenvalue weighted by atomic mass is 19.4. The Bertz CT molecular complexity index is 428. The molecule has 0 aromatic heterocycles. The fraction of sp³-hybridized carbons (Fsp3) is 0.417. The molecule has 0 saturated carbocycles. The van der Waals surface area contributed by atoms with Gasteiger partial charge < -0.3 is 4.90 Å². The van der Waals surface area contributed by atoms with Crippen molar-refractivity contribution < 1.29 is 18.0 Å². The van der Waals surface area contributed by atoms with Crippen LogP contribution in [0.25, 0.3) is 0 Å². The molecule has 1 aliphatic rings. The first-order valence-corrected chi connectivity index (χ1v) is 5.47. The predicted molar refractivity (Wildman–Crippen MR) is 57.6 cm³/mol. The summed E-state index contributed by atoms with van der Waals surface area (Å²) in [6, 6.07) is 5.22. The molecule has 1 amide bonds. The van der Waals surface area contributed by atoms with E-state index in [0.29, 0.717) is 13.0 Å². The second-order valence-electron chi connectivity index (χ2n) is 4.02. The first-order valence-electron chi connectivity index (χ1n) is 5.47. The molecule has 0 aliphatic carbocycles. The van der Waals surface area contributed by atoms with Crippen LogP contribution in [0.4, 0.5) is 18.9 Å². The van der Waals surface area contributed by atoms with Gasteiger partial charge in [-0.15, -0.1) is 0 Å². The van der Waals surface area contributed by atoms with Gasteiger partial charge in [-0.25, -0.2) is 0 Å². The molecule has 2 nitrogen and oxygen atoms in total. The van der Waals surface area contributed by atoms with E-state index in [4.69, 9.17) is 0 Å². The number of benzene rings is 1. The molecule has 92 valence electrons. The van der Waals surface area contributed by atoms with Crippen LogP contribution < -0.4 is 4.90 Å². The van der Waals surface area contributed by atoms with Crippen molar-refractivity contribution >= 4 is 11.6 Å². The van der Waals surface area contributed by atoms with Gasteiger partial charge >= 0.3 is 6.18 Å². The SMILES string of the molecule is O=C1CCCCN1c1ccccc1C(F)(F)F. The minimum absolute atomic E-state index is 0.0234. The lowest BCUT2D eigenvalue weighted by molar-refractivity contribution is -0.137. The quantitative estimate of drug-likeness (QED) is 0.741. The molecule has 0 radical (unpaired) electrons. The maximum absolute atomic E-state index is 12.8. The molecule has 0 unspecified atom stereocenters. The molecule has 0 spiro atoms. The third kappa shape index (κ3) is 2.43. The molecule has 1 saturated heterocycles. The number of hydrogen-bond donors (Lipinski definition) is 0. The van der Waals surface area contributed by atoms with Gasteiger partial charge in [0.15, 0.2) is 0 Å². The first kappa shape index (κ1) is 12.0. The molecule has 2 rings (SSSR count). The monoisotopic (exact) mass is 243 g/mol. The Morgan fingerprint density at radius 3 is 2.47 bits per heavy atom. The van der Waals surface area contributed by atoms with Crippen LogP contribution in [0.15, 0.2) is 24.3 Å². The molecule has 0 atom stereocenters. The third-order valence-corrected chi connectivity index (χ3v) is 2.82. The van der Waals surface area contributed by atoms with Crippen LogP contribution in [-0.2, 0) is 11.0 Å². The minimum atomic E-state index is -4.42. The van der Waals surface area contributed by atoms with Crippen molar-refractivity contribution in [2.75, 3.05) is 11.4 Å². The molecule has 1 aromatic rings. The average molecular weight is 243 g/mol. The van der Waals surface area contributed by atoms with Crippen LogP contribution in [0.1, 0.15) is 24.8 Å². The van der Waals surface area contributed by atoms with Gasteiger partial charge in [0.2, 0.25) is 5.91 Å². The first-order chi connectivity index (χ1) is 8.00. The molecular weight excluding hydrogens is 231 g/mol. The van der Waals surface area contributed by atoms with E-state index < -0.39 is 11.7 Å². The maximum atomic E-state index is 12.8. The van der Waals surface area contributed by atoms with Crippen molar-refractivity contribution in [1.82, 2.24) is 0 Å². The zero-order valence-corrected chi connectivity index (χ0v) is 9.13. The van der Waals surface area contributed by atoms with E-state index in [1.54, 1.807) is 0 Å². The Labute approximate surface area is 97.0 Å². The normalized spacial score (nSPS) is 17.4. The molecule has 1 heterocycles. The summed E-state index contributed by atoms with van der Waals surface area (Å²) in [6.07, 6.45) is -2.60. The van der Waals surface area contributed by atoms with E-state index in [0.717, 1.165) is 18.9 Å². The van der Waals surface area contributed by atoms with Gasteiger partial charge in [-0.05, 0) is 25.0 Å². The molecule has 0 N–H and O–H groups in total. The Kier molecular flexibility index (Phi) is 3.09. The highest BCUT2D eigenvalue weighted by Crippen LogP contribution is 2.37. The molecule has 0 bridgehead atoms. The van der Waals surface area contributed by atoms with Gasteiger partial charge in [0.25, 0.3) is 0 Å². The number of rotatable bonds is 1. The zero-order chi connectivity index (χ0) is 12.5. The number of carbonyl (C=O) groups is 1. The van der Waals surface area contributed by atoms with Gasteiger partial charge in [-0.1, -0.05) is 12.1 Å². The van der Waals surface area contributed by atoms with Crippen molar-refractivity contribution in [2.24, 2.45) is 0 Å². The van der Waals surface area contributed by atoms with E-state index >= 15 is 0 Å². The van der Waals surface area contributed by atoms with E-state index in [1.807, 2.05) is 0 Å². The van der Waals surface area contributed by atoms with E-state index in [-0.39, 0.29) is 11.6 Å². The van der Waals surface area contributed by atoms with E-state index in [1.165, 1.54) is 23.1 Å². The third-order valence-electron chi connectivity index (χ3n) is 2.82. The number of anilines is 1. The highest BCUT2D eigenvalue weighted by Gasteiger charge is 2.36. The average Bonchev–Trinajstić information content (AvgIpc) is 2.28. The maximum Gasteiger partial charge on any atom is 0.418 e. The summed E-state index contributed by atoms with van der Waals surface area (Å²) in [6.45, 7) is 0.367. The Morgan fingerprint density at radius 1 is 1.12 bits per heavy atom. The van der Waals surface area contributed by atoms with Crippen molar-refractivity contribution in [3.8, 4) is 0 Å². The summed E-state index contributed by atoms with van der Waals surface area (Å²) in [5, 5.41) is 0. The molecule has 1 fully saturated rings. The zero-order valence-electron chi connectivity index (χ0n) is 9.13. The van der Waals surface area contributed by atoms with E-state index in [2.05, 4.69) is 0 Å². The Balaban J connectivity index is 2.41. The summed E-state index contributed by atoms with van der Waals surface area (Å²) in [4.78, 5) is 12.9. The topological polar surface area (TPSA) is 20.3 Å². The lowest BCUT2D eigenvalue weighted by atomic mass is 10.1. The Morgan fingerprint density at radius 2 is 1.82 bits per heavy atom. The number of alkyl halides is 3. The van der Waals surface area contributed by atoms with Crippen LogP contribution in [0.3, 0.4) is 0 Å². The summed E-state index contributed by atoms with van der Waals surface area (Å²) in [5.41, 5.74) is -0.764. The molecule has 1 aliphatic heterocycles. The summed E-state index contributed by atoms with van der Waals surface area (Å²) < 4.78 is 38.4. The lowest BCUT2D eigenvalue weighted by Crippen LogP contribution is -2.36. The smallest absolute Gasteiger partial charge is 0.312 e. The molecule has 5 heteroatoms. The molecular formula is C12H12F3NO. The number of para-hydroxylation sites is 1. The van der Waals surface area contributed by atoms with Gasteiger partial charge in [0, 0.05) is 13.0 Å².